The number of hydrogen-bond donors (Lipinski definition) is 2. The van der Waals surface area contributed by atoms with Crippen molar-refractivity contribution in [3.63, 3.8) is 0 Å². The Morgan fingerprint density at radius 1 is 1.15 bits per heavy atom. The molecule has 1 aromatic heterocycles. The molecule has 0 fully saturated rings. The van der Waals surface area contributed by atoms with Gasteiger partial charge >= 0.3 is 0 Å². The van der Waals surface area contributed by atoms with Gasteiger partial charge in [0, 0.05) is 50.8 Å². The molecule has 0 aliphatic carbocycles. The topological polar surface area (TPSA) is 131 Å². The Bertz CT molecular complexity index is 1120. The van der Waals surface area contributed by atoms with E-state index in [1.807, 2.05) is 7.05 Å². The summed E-state index contributed by atoms with van der Waals surface area (Å²) in [6.07, 6.45) is 0.686. The van der Waals surface area contributed by atoms with Gasteiger partial charge < -0.3 is 25.4 Å². The van der Waals surface area contributed by atoms with Crippen LogP contribution in [0, 0.1) is 0 Å². The van der Waals surface area contributed by atoms with Crippen LogP contribution in [0.2, 0.25) is 0 Å². The van der Waals surface area contributed by atoms with Crippen molar-refractivity contribution in [1.82, 2.24) is 9.21 Å². The predicted octanol–water partition coefficient (Wildman–Crippen LogP) is 1.37. The average molecular weight is 511 g/mol. The molecule has 0 spiro atoms. The van der Waals surface area contributed by atoms with Crippen molar-refractivity contribution in [2.24, 2.45) is 5.73 Å². The van der Waals surface area contributed by atoms with Gasteiger partial charge in [-0.2, -0.15) is 4.31 Å². The number of ether oxygens (including phenoxy) is 2. The first-order valence-electron chi connectivity index (χ1n) is 10.7. The van der Waals surface area contributed by atoms with Gasteiger partial charge in [0.1, 0.15) is 5.00 Å². The summed E-state index contributed by atoms with van der Waals surface area (Å²) in [6.45, 7) is 2.33. The Kier molecular flexibility index (Phi) is 8.79. The lowest BCUT2D eigenvalue weighted by molar-refractivity contribution is 0.1000. The molecule has 0 atom stereocenters. The molecule has 0 unspecified atom stereocenters. The first-order valence-corrected chi connectivity index (χ1v) is 13.0. The summed E-state index contributed by atoms with van der Waals surface area (Å²) in [6, 6.07) is 5.66. The van der Waals surface area contributed by atoms with Gasteiger partial charge in [0.15, 0.2) is 0 Å². The fourth-order valence-electron chi connectivity index (χ4n) is 3.72. The van der Waals surface area contributed by atoms with E-state index in [-0.39, 0.29) is 36.8 Å². The zero-order valence-corrected chi connectivity index (χ0v) is 21.1. The van der Waals surface area contributed by atoms with Crippen molar-refractivity contribution >= 4 is 38.2 Å². The Hall–Kier alpha value is -2.35. The minimum Gasteiger partial charge on any atom is -0.383 e. The largest absolute Gasteiger partial charge is 0.383 e. The minimum atomic E-state index is -3.79. The van der Waals surface area contributed by atoms with E-state index in [0.29, 0.717) is 23.5 Å². The van der Waals surface area contributed by atoms with E-state index < -0.39 is 21.8 Å². The van der Waals surface area contributed by atoms with Gasteiger partial charge in [-0.3, -0.25) is 9.59 Å². The maximum atomic E-state index is 13.0. The number of primary amides is 1. The highest BCUT2D eigenvalue weighted by molar-refractivity contribution is 7.89. The Morgan fingerprint density at radius 2 is 1.76 bits per heavy atom. The summed E-state index contributed by atoms with van der Waals surface area (Å²) in [4.78, 5) is 28.2. The molecular weight excluding hydrogens is 480 g/mol. The van der Waals surface area contributed by atoms with Crippen molar-refractivity contribution in [1.29, 1.82) is 0 Å². The highest BCUT2D eigenvalue weighted by Gasteiger charge is 2.27. The highest BCUT2D eigenvalue weighted by Crippen LogP contribution is 2.36. The summed E-state index contributed by atoms with van der Waals surface area (Å²) in [7, 11) is 1.20. The fraction of sp³-hybridized carbons (Fsp3) is 0.455. The van der Waals surface area contributed by atoms with Crippen LogP contribution in [0.4, 0.5) is 5.00 Å². The zero-order valence-electron chi connectivity index (χ0n) is 19.5. The molecule has 0 saturated carbocycles. The first-order chi connectivity index (χ1) is 16.2. The Labute approximate surface area is 203 Å². The molecule has 2 amide bonds. The van der Waals surface area contributed by atoms with Gasteiger partial charge in [-0.25, -0.2) is 8.42 Å². The highest BCUT2D eigenvalue weighted by atomic mass is 32.2. The summed E-state index contributed by atoms with van der Waals surface area (Å²) in [5.41, 5.74) is 7.12. The smallest absolute Gasteiger partial charge is 0.256 e. The molecule has 1 aliphatic rings. The average Bonchev–Trinajstić information content (AvgIpc) is 3.16. The van der Waals surface area contributed by atoms with Crippen LogP contribution in [0.25, 0.3) is 0 Å². The van der Waals surface area contributed by atoms with Crippen LogP contribution in [0.3, 0.4) is 0 Å². The molecule has 10 nitrogen and oxygen atoms in total. The number of carbonyl (C=O) groups is 2. The molecule has 0 saturated heterocycles. The van der Waals surface area contributed by atoms with Gasteiger partial charge in [-0.05, 0) is 43.3 Å². The fourth-order valence-corrected chi connectivity index (χ4v) is 6.46. The standard InChI is InChI=1S/C22H30N4O6S2/c1-25-9-8-17-18(14-25)33-22(19(17)20(23)27)24-21(28)15-4-6-16(7-5-15)34(29,30)26(10-12-31-2)11-13-32-3/h4-7H,8-14H2,1-3H3,(H2,23,27)(H,24,28). The van der Waals surface area contributed by atoms with Gasteiger partial charge in [0.2, 0.25) is 10.0 Å². The van der Waals surface area contributed by atoms with Crippen molar-refractivity contribution < 1.29 is 27.5 Å². The van der Waals surface area contributed by atoms with Crippen LogP contribution < -0.4 is 11.1 Å². The number of methoxy groups -OCH3 is 2. The molecule has 1 aliphatic heterocycles. The second-order valence-electron chi connectivity index (χ2n) is 7.93. The molecule has 186 valence electrons. The van der Waals surface area contributed by atoms with Gasteiger partial charge in [-0.15, -0.1) is 11.3 Å². The van der Waals surface area contributed by atoms with Crippen LogP contribution in [0.15, 0.2) is 29.2 Å². The molecule has 34 heavy (non-hydrogen) atoms. The van der Waals surface area contributed by atoms with Crippen LogP contribution in [-0.4, -0.2) is 83.6 Å². The van der Waals surface area contributed by atoms with E-state index in [1.165, 1.54) is 54.1 Å². The van der Waals surface area contributed by atoms with Crippen LogP contribution >= 0.6 is 11.3 Å². The SMILES string of the molecule is COCCN(CCOC)S(=O)(=O)c1ccc(C(=O)Nc2sc3c(c2C(N)=O)CCN(C)C3)cc1. The van der Waals surface area contributed by atoms with Gasteiger partial charge in [0.25, 0.3) is 11.8 Å². The number of thiophene rings is 1. The molecular formula is C22H30N4O6S2. The molecule has 3 N–H and O–H groups in total. The zero-order chi connectivity index (χ0) is 24.9. The number of fused-ring (bicyclic) bond motifs is 1. The Balaban J connectivity index is 1.80. The number of carbonyl (C=O) groups excluding carboxylic acids is 2. The molecule has 2 heterocycles. The second kappa shape index (κ2) is 11.4. The number of nitrogens with zero attached hydrogens (tertiary/aromatic N) is 2. The Morgan fingerprint density at radius 3 is 2.32 bits per heavy atom. The van der Waals surface area contributed by atoms with E-state index >= 15 is 0 Å². The third-order valence-corrected chi connectivity index (χ3v) is 8.61. The number of rotatable bonds is 11. The van der Waals surface area contributed by atoms with Gasteiger partial charge in [-0.1, -0.05) is 0 Å². The van der Waals surface area contributed by atoms with Crippen LogP contribution in [0.5, 0.6) is 0 Å². The normalized spacial score (nSPS) is 14.2. The number of nitrogens with two attached hydrogens (primary N) is 1. The number of amides is 2. The molecule has 3 rings (SSSR count). The third-order valence-electron chi connectivity index (χ3n) is 5.57. The van der Waals surface area contributed by atoms with E-state index in [2.05, 4.69) is 10.2 Å². The number of nitrogens with one attached hydrogen (secondary N) is 1. The van der Waals surface area contributed by atoms with E-state index in [1.54, 1.807) is 0 Å². The number of likely N-dealkylation sites (N-methyl/N-ethyl adjacent to an activating group) is 1. The van der Waals surface area contributed by atoms with E-state index in [9.17, 15) is 18.0 Å². The van der Waals surface area contributed by atoms with Gasteiger partial charge in [0.05, 0.1) is 23.7 Å². The van der Waals surface area contributed by atoms with Crippen molar-refractivity contribution in [2.75, 3.05) is 59.4 Å². The number of sulfonamides is 1. The lowest BCUT2D eigenvalue weighted by Gasteiger charge is -2.22. The second-order valence-corrected chi connectivity index (χ2v) is 11.0. The first kappa shape index (κ1) is 26.3. The van der Waals surface area contributed by atoms with Crippen molar-refractivity contribution in [3.8, 4) is 0 Å². The summed E-state index contributed by atoms with van der Waals surface area (Å²) in [5, 5.41) is 3.20. The van der Waals surface area contributed by atoms with Crippen LogP contribution in [0.1, 0.15) is 31.2 Å². The number of benzene rings is 1. The molecule has 0 bridgehead atoms. The predicted molar refractivity (Wildman–Crippen MR) is 130 cm³/mol. The summed E-state index contributed by atoms with van der Waals surface area (Å²) < 4.78 is 37.4. The molecule has 2 aromatic rings. The maximum Gasteiger partial charge on any atom is 0.256 e. The lowest BCUT2D eigenvalue weighted by Crippen LogP contribution is -2.36. The maximum absolute atomic E-state index is 13.0. The number of hydrogen-bond acceptors (Lipinski definition) is 8. The van der Waals surface area contributed by atoms with E-state index in [0.717, 1.165) is 17.0 Å². The summed E-state index contributed by atoms with van der Waals surface area (Å²) in [5.74, 6) is -1.03. The van der Waals surface area contributed by atoms with Crippen LogP contribution in [-0.2, 0) is 32.5 Å². The monoisotopic (exact) mass is 510 g/mol. The summed E-state index contributed by atoms with van der Waals surface area (Å²) >= 11 is 1.34. The van der Waals surface area contributed by atoms with Crippen molar-refractivity contribution in [3.05, 3.63) is 45.8 Å². The molecule has 1 aromatic carbocycles. The van der Waals surface area contributed by atoms with E-state index in [4.69, 9.17) is 15.2 Å². The third kappa shape index (κ3) is 5.82. The minimum absolute atomic E-state index is 0.0590. The molecule has 0 radical (unpaired) electrons. The lowest BCUT2D eigenvalue weighted by atomic mass is 10.0. The quantitative estimate of drug-likeness (QED) is 0.467. The molecule has 12 heteroatoms. The van der Waals surface area contributed by atoms with Crippen molar-refractivity contribution in [2.45, 2.75) is 17.9 Å². The number of anilines is 1.